The van der Waals surface area contributed by atoms with Crippen LogP contribution in [0.5, 0.6) is 0 Å². The van der Waals surface area contributed by atoms with Crippen LogP contribution in [0.1, 0.15) is 65.8 Å². The van der Waals surface area contributed by atoms with Crippen molar-refractivity contribution in [1.29, 1.82) is 0 Å². The Morgan fingerprint density at radius 1 is 1.07 bits per heavy atom. The molecule has 0 radical (unpaired) electrons. The molecule has 1 saturated heterocycles. The molecule has 1 amide bonds. The van der Waals surface area contributed by atoms with Crippen molar-refractivity contribution in [2.24, 2.45) is 11.8 Å². The molecule has 0 aromatic carbocycles. The zero-order valence-electron chi connectivity index (χ0n) is 17.4. The van der Waals surface area contributed by atoms with Gasteiger partial charge in [0.05, 0.1) is 5.75 Å². The minimum Gasteiger partial charge on any atom is -0.341 e. The Hall–Kier alpha value is -1.24. The molecule has 27 heavy (non-hydrogen) atoms. The highest BCUT2D eigenvalue weighted by molar-refractivity contribution is 7.99. The third-order valence-electron chi connectivity index (χ3n) is 5.05. The van der Waals surface area contributed by atoms with Crippen molar-refractivity contribution in [3.8, 4) is 0 Å². The molecule has 152 valence electrons. The van der Waals surface area contributed by atoms with Crippen molar-refractivity contribution in [2.45, 2.75) is 71.0 Å². The van der Waals surface area contributed by atoms with E-state index in [0.29, 0.717) is 23.6 Å². The minimum atomic E-state index is 0.215. The second kappa shape index (κ2) is 9.30. The minimum absolute atomic E-state index is 0.215. The van der Waals surface area contributed by atoms with Gasteiger partial charge in [-0.05, 0) is 43.9 Å². The summed E-state index contributed by atoms with van der Waals surface area (Å²) < 4.78 is 2.30. The smallest absolute Gasteiger partial charge is 0.233 e. The number of piperidine rings is 1. The van der Waals surface area contributed by atoms with Gasteiger partial charge in [0.2, 0.25) is 11.9 Å². The number of rotatable bonds is 9. The van der Waals surface area contributed by atoms with Gasteiger partial charge in [0.1, 0.15) is 0 Å². The molecule has 1 aromatic heterocycles. The molecule has 3 rings (SSSR count). The Morgan fingerprint density at radius 2 is 1.70 bits per heavy atom. The van der Waals surface area contributed by atoms with E-state index in [1.165, 1.54) is 32.1 Å². The molecule has 0 N–H and O–H groups in total. The molecule has 0 atom stereocenters. The fourth-order valence-corrected chi connectivity index (χ4v) is 4.61. The molecule has 7 heteroatoms. The molecular weight excluding hydrogens is 358 g/mol. The monoisotopic (exact) mass is 393 g/mol. The van der Waals surface area contributed by atoms with Crippen LogP contribution in [0.25, 0.3) is 0 Å². The Balaban J connectivity index is 1.66. The SMILES string of the molecule is CC(C)CN(CC(C)C)C(=O)CSc1nnc(N2CCCCC2)n1C1CC1. The lowest BCUT2D eigenvalue weighted by atomic mass is 10.1. The van der Waals surface area contributed by atoms with E-state index >= 15 is 0 Å². The van der Waals surface area contributed by atoms with Gasteiger partial charge in [0, 0.05) is 32.2 Å². The van der Waals surface area contributed by atoms with E-state index in [0.717, 1.165) is 37.3 Å². The van der Waals surface area contributed by atoms with Crippen LogP contribution in [0.15, 0.2) is 5.16 Å². The Morgan fingerprint density at radius 3 is 2.26 bits per heavy atom. The zero-order chi connectivity index (χ0) is 19.4. The van der Waals surface area contributed by atoms with Crippen LogP contribution < -0.4 is 4.90 Å². The van der Waals surface area contributed by atoms with Crippen molar-refractivity contribution in [3.63, 3.8) is 0 Å². The number of nitrogens with zero attached hydrogens (tertiary/aromatic N) is 5. The standard InChI is InChI=1S/C20H35N5OS/c1-15(2)12-24(13-16(3)4)18(26)14-27-20-22-21-19(25(20)17-8-9-17)23-10-6-5-7-11-23/h15-17H,5-14H2,1-4H3. The average molecular weight is 394 g/mol. The van der Waals surface area contributed by atoms with Crippen LogP contribution in [0.4, 0.5) is 5.95 Å². The summed E-state index contributed by atoms with van der Waals surface area (Å²) in [5.74, 6) is 2.65. The molecule has 2 heterocycles. The maximum absolute atomic E-state index is 12.8. The zero-order valence-corrected chi connectivity index (χ0v) is 18.2. The molecule has 0 spiro atoms. The number of amides is 1. The van der Waals surface area contributed by atoms with Gasteiger partial charge in [-0.15, -0.1) is 10.2 Å². The normalized spacial score (nSPS) is 17.8. The summed E-state index contributed by atoms with van der Waals surface area (Å²) in [5, 5.41) is 9.90. The first-order valence-electron chi connectivity index (χ1n) is 10.6. The van der Waals surface area contributed by atoms with Crippen LogP contribution >= 0.6 is 11.8 Å². The molecular formula is C20H35N5OS. The molecule has 1 saturated carbocycles. The van der Waals surface area contributed by atoms with Gasteiger partial charge >= 0.3 is 0 Å². The predicted molar refractivity (Wildman–Crippen MR) is 111 cm³/mol. The molecule has 6 nitrogen and oxygen atoms in total. The van der Waals surface area contributed by atoms with E-state index in [1.807, 2.05) is 4.90 Å². The molecule has 0 bridgehead atoms. The van der Waals surface area contributed by atoms with Crippen LogP contribution in [-0.2, 0) is 4.79 Å². The topological polar surface area (TPSA) is 54.3 Å². The van der Waals surface area contributed by atoms with Gasteiger partial charge in [-0.1, -0.05) is 39.5 Å². The Bertz CT molecular complexity index is 610. The van der Waals surface area contributed by atoms with E-state index < -0.39 is 0 Å². The summed E-state index contributed by atoms with van der Waals surface area (Å²) in [6.07, 6.45) is 6.18. The Labute approximate surface area is 168 Å². The second-order valence-electron chi connectivity index (χ2n) is 8.81. The average Bonchev–Trinajstić information content (AvgIpc) is 3.38. The van der Waals surface area contributed by atoms with Crippen molar-refractivity contribution >= 4 is 23.6 Å². The van der Waals surface area contributed by atoms with Gasteiger partial charge in [-0.2, -0.15) is 0 Å². The number of carbonyl (C=O) groups is 1. The van der Waals surface area contributed by atoms with Crippen LogP contribution in [0.3, 0.4) is 0 Å². The summed E-state index contributed by atoms with van der Waals surface area (Å²) in [7, 11) is 0. The number of anilines is 1. The highest BCUT2D eigenvalue weighted by atomic mass is 32.2. The van der Waals surface area contributed by atoms with E-state index in [4.69, 9.17) is 0 Å². The quantitative estimate of drug-likeness (QED) is 0.597. The third kappa shape index (κ3) is 5.62. The summed E-state index contributed by atoms with van der Waals surface area (Å²) >= 11 is 1.56. The highest BCUT2D eigenvalue weighted by Crippen LogP contribution is 2.41. The predicted octanol–water partition coefficient (Wildman–Crippen LogP) is 3.84. The van der Waals surface area contributed by atoms with E-state index in [1.54, 1.807) is 11.8 Å². The first-order valence-corrected chi connectivity index (χ1v) is 11.5. The number of carbonyl (C=O) groups excluding carboxylic acids is 1. The van der Waals surface area contributed by atoms with Crippen LogP contribution in [-0.4, -0.2) is 57.5 Å². The second-order valence-corrected chi connectivity index (χ2v) is 9.75. The summed E-state index contributed by atoms with van der Waals surface area (Å²) in [6.45, 7) is 12.5. The Kier molecular flexibility index (Phi) is 7.06. The fourth-order valence-electron chi connectivity index (χ4n) is 3.71. The molecule has 0 unspecified atom stereocenters. The van der Waals surface area contributed by atoms with E-state index in [-0.39, 0.29) is 5.91 Å². The number of thioether (sulfide) groups is 1. The van der Waals surface area contributed by atoms with Gasteiger partial charge in [-0.3, -0.25) is 9.36 Å². The first kappa shape index (κ1) is 20.5. The number of hydrogen-bond acceptors (Lipinski definition) is 5. The van der Waals surface area contributed by atoms with Gasteiger partial charge in [0.15, 0.2) is 5.16 Å². The summed E-state index contributed by atoms with van der Waals surface area (Å²) in [6, 6.07) is 0.525. The highest BCUT2D eigenvalue weighted by Gasteiger charge is 2.32. The lowest BCUT2D eigenvalue weighted by molar-refractivity contribution is -0.129. The molecule has 1 aliphatic heterocycles. The summed E-state index contributed by atoms with van der Waals surface area (Å²) in [4.78, 5) is 17.2. The van der Waals surface area contributed by atoms with Crippen molar-refractivity contribution in [1.82, 2.24) is 19.7 Å². The largest absolute Gasteiger partial charge is 0.341 e. The van der Waals surface area contributed by atoms with E-state index in [9.17, 15) is 4.79 Å². The van der Waals surface area contributed by atoms with Gasteiger partial charge in [0.25, 0.3) is 0 Å². The molecule has 1 aliphatic carbocycles. The van der Waals surface area contributed by atoms with Gasteiger partial charge in [-0.25, -0.2) is 0 Å². The van der Waals surface area contributed by atoms with Crippen molar-refractivity contribution in [3.05, 3.63) is 0 Å². The lowest BCUT2D eigenvalue weighted by Crippen LogP contribution is -2.38. The third-order valence-corrected chi connectivity index (χ3v) is 5.97. The molecule has 2 fully saturated rings. The molecule has 2 aliphatic rings. The maximum Gasteiger partial charge on any atom is 0.233 e. The van der Waals surface area contributed by atoms with Crippen molar-refractivity contribution in [2.75, 3.05) is 36.8 Å². The van der Waals surface area contributed by atoms with Crippen molar-refractivity contribution < 1.29 is 4.79 Å². The van der Waals surface area contributed by atoms with Gasteiger partial charge < -0.3 is 9.80 Å². The number of hydrogen-bond donors (Lipinski definition) is 0. The molecule has 1 aromatic rings. The summed E-state index contributed by atoms with van der Waals surface area (Å²) in [5.41, 5.74) is 0. The van der Waals surface area contributed by atoms with E-state index in [2.05, 4.69) is 47.4 Å². The first-order chi connectivity index (χ1) is 13.0. The lowest BCUT2D eigenvalue weighted by Gasteiger charge is -2.28. The van der Waals surface area contributed by atoms with Crippen LogP contribution in [0.2, 0.25) is 0 Å². The number of aromatic nitrogens is 3. The maximum atomic E-state index is 12.8. The van der Waals surface area contributed by atoms with Crippen LogP contribution in [0, 0.1) is 11.8 Å². The fraction of sp³-hybridized carbons (Fsp3) is 0.850.